The Hall–Kier alpha value is -2.43. The molecule has 2 aromatic rings. The van der Waals surface area contributed by atoms with Gasteiger partial charge in [-0.3, -0.25) is 14.3 Å². The second-order valence-corrected chi connectivity index (χ2v) is 5.63. The summed E-state index contributed by atoms with van der Waals surface area (Å²) in [7, 11) is 0. The van der Waals surface area contributed by atoms with Crippen LogP contribution in [0.1, 0.15) is 35.6 Å². The number of carbonyl (C=O) groups excluding carboxylic acids is 2. The number of aromatic nitrogens is 2. The summed E-state index contributed by atoms with van der Waals surface area (Å²) in [5, 5.41) is 7.23. The third-order valence-corrected chi connectivity index (χ3v) is 3.56. The van der Waals surface area contributed by atoms with Crippen LogP contribution in [0.15, 0.2) is 30.3 Å². The van der Waals surface area contributed by atoms with Crippen molar-refractivity contribution in [2.24, 2.45) is 5.92 Å². The molecule has 22 heavy (non-hydrogen) atoms. The molecule has 5 nitrogen and oxygen atoms in total. The van der Waals surface area contributed by atoms with E-state index in [0.29, 0.717) is 17.8 Å². The molecule has 1 amide bonds. The van der Waals surface area contributed by atoms with E-state index in [-0.39, 0.29) is 17.6 Å². The summed E-state index contributed by atoms with van der Waals surface area (Å²) < 4.78 is 1.85. The van der Waals surface area contributed by atoms with Crippen molar-refractivity contribution < 1.29 is 9.59 Å². The molecule has 0 saturated carbocycles. The first kappa shape index (κ1) is 15.9. The lowest BCUT2D eigenvalue weighted by molar-refractivity contribution is -0.119. The zero-order chi connectivity index (χ0) is 16.3. The number of ketones is 1. The molecule has 2 rings (SSSR count). The number of carbonyl (C=O) groups is 2. The standard InChI is InChI=1S/C17H21N3O2/c1-11(10-20-13(3)9-12(2)19-20)17(22)18-16-7-5-15(6-8-16)14(4)21/h5-9,11H,10H2,1-4H3,(H,18,22). The van der Waals surface area contributed by atoms with Crippen molar-refractivity contribution in [3.05, 3.63) is 47.3 Å². The van der Waals surface area contributed by atoms with E-state index in [1.807, 2.05) is 31.5 Å². The molecule has 116 valence electrons. The molecule has 0 fully saturated rings. The molecule has 0 radical (unpaired) electrons. The van der Waals surface area contributed by atoms with E-state index in [2.05, 4.69) is 10.4 Å². The number of nitrogens with zero attached hydrogens (tertiary/aromatic N) is 2. The number of Topliss-reactive ketones (excluding diaryl/α,β-unsaturated/α-hetero) is 1. The summed E-state index contributed by atoms with van der Waals surface area (Å²) >= 11 is 0. The van der Waals surface area contributed by atoms with Gasteiger partial charge >= 0.3 is 0 Å². The molecular formula is C17H21N3O2. The van der Waals surface area contributed by atoms with Crippen LogP contribution in [0.4, 0.5) is 5.69 Å². The minimum atomic E-state index is -0.203. The Kier molecular flexibility index (Phi) is 4.75. The molecule has 1 heterocycles. The minimum absolute atomic E-state index is 0.00997. The Morgan fingerprint density at radius 3 is 2.36 bits per heavy atom. The van der Waals surface area contributed by atoms with Gasteiger partial charge < -0.3 is 5.32 Å². The van der Waals surface area contributed by atoms with Crippen LogP contribution in [0.3, 0.4) is 0 Å². The molecule has 0 aliphatic rings. The smallest absolute Gasteiger partial charge is 0.229 e. The highest BCUT2D eigenvalue weighted by atomic mass is 16.2. The van der Waals surface area contributed by atoms with Gasteiger partial charge in [0, 0.05) is 16.9 Å². The van der Waals surface area contributed by atoms with Crippen LogP contribution in [0, 0.1) is 19.8 Å². The van der Waals surface area contributed by atoms with E-state index in [9.17, 15) is 9.59 Å². The van der Waals surface area contributed by atoms with Gasteiger partial charge in [-0.15, -0.1) is 0 Å². The van der Waals surface area contributed by atoms with Gasteiger partial charge in [-0.25, -0.2) is 0 Å². The number of amides is 1. The molecular weight excluding hydrogens is 278 g/mol. The van der Waals surface area contributed by atoms with Gasteiger partial charge in [-0.2, -0.15) is 5.10 Å². The number of anilines is 1. The van der Waals surface area contributed by atoms with E-state index in [0.717, 1.165) is 11.4 Å². The number of hydrogen-bond acceptors (Lipinski definition) is 3. The topological polar surface area (TPSA) is 64.0 Å². The number of rotatable bonds is 5. The summed E-state index contributed by atoms with van der Waals surface area (Å²) in [6.07, 6.45) is 0. The molecule has 1 atom stereocenters. The normalized spacial score (nSPS) is 12.0. The highest BCUT2D eigenvalue weighted by Crippen LogP contribution is 2.13. The molecule has 0 aliphatic carbocycles. The zero-order valence-corrected chi connectivity index (χ0v) is 13.4. The molecule has 0 aliphatic heterocycles. The van der Waals surface area contributed by atoms with Gasteiger partial charge in [0.2, 0.25) is 5.91 Å². The van der Waals surface area contributed by atoms with Crippen LogP contribution in [0.2, 0.25) is 0 Å². The monoisotopic (exact) mass is 299 g/mol. The maximum Gasteiger partial charge on any atom is 0.229 e. The summed E-state index contributed by atoms with van der Waals surface area (Å²) in [6.45, 7) is 7.84. The lowest BCUT2D eigenvalue weighted by Gasteiger charge is -2.13. The number of aryl methyl sites for hydroxylation is 2. The Morgan fingerprint density at radius 1 is 1.23 bits per heavy atom. The molecule has 1 aromatic carbocycles. The average molecular weight is 299 g/mol. The fraction of sp³-hybridized carbons (Fsp3) is 0.353. The molecule has 0 spiro atoms. The molecule has 1 aromatic heterocycles. The van der Waals surface area contributed by atoms with Crippen molar-refractivity contribution in [3.63, 3.8) is 0 Å². The van der Waals surface area contributed by atoms with E-state index < -0.39 is 0 Å². The predicted octanol–water partition coefficient (Wildman–Crippen LogP) is 2.98. The fourth-order valence-corrected chi connectivity index (χ4v) is 2.26. The summed E-state index contributed by atoms with van der Waals surface area (Å²) in [5.41, 5.74) is 3.32. The van der Waals surface area contributed by atoms with Gasteiger partial charge in [0.05, 0.1) is 18.2 Å². The van der Waals surface area contributed by atoms with Crippen LogP contribution in [0.25, 0.3) is 0 Å². The van der Waals surface area contributed by atoms with Gasteiger partial charge in [0.1, 0.15) is 0 Å². The van der Waals surface area contributed by atoms with Gasteiger partial charge in [-0.05, 0) is 51.1 Å². The summed E-state index contributed by atoms with van der Waals surface area (Å²) in [5.74, 6) is -0.260. The van der Waals surface area contributed by atoms with E-state index in [4.69, 9.17) is 0 Å². The van der Waals surface area contributed by atoms with E-state index >= 15 is 0 Å². The minimum Gasteiger partial charge on any atom is -0.326 e. The van der Waals surface area contributed by atoms with Crippen molar-refractivity contribution >= 4 is 17.4 Å². The maximum atomic E-state index is 12.2. The second kappa shape index (κ2) is 6.56. The number of hydrogen-bond donors (Lipinski definition) is 1. The zero-order valence-electron chi connectivity index (χ0n) is 13.4. The predicted molar refractivity (Wildman–Crippen MR) is 85.9 cm³/mol. The third kappa shape index (κ3) is 3.81. The summed E-state index contributed by atoms with van der Waals surface area (Å²) in [6, 6.07) is 8.90. The van der Waals surface area contributed by atoms with Crippen molar-refractivity contribution in [1.82, 2.24) is 9.78 Å². The number of benzene rings is 1. The largest absolute Gasteiger partial charge is 0.326 e. The first-order valence-corrected chi connectivity index (χ1v) is 7.29. The van der Waals surface area contributed by atoms with Gasteiger partial charge in [0.15, 0.2) is 5.78 Å². The lowest BCUT2D eigenvalue weighted by atomic mass is 10.1. The Bertz CT molecular complexity index is 686. The van der Waals surface area contributed by atoms with Crippen LogP contribution >= 0.6 is 0 Å². The van der Waals surface area contributed by atoms with Gasteiger partial charge in [-0.1, -0.05) is 6.92 Å². The first-order chi connectivity index (χ1) is 10.4. The van der Waals surface area contributed by atoms with Crippen LogP contribution in [-0.2, 0) is 11.3 Å². The highest BCUT2D eigenvalue weighted by molar-refractivity contribution is 5.96. The molecule has 0 bridgehead atoms. The highest BCUT2D eigenvalue weighted by Gasteiger charge is 2.15. The fourth-order valence-electron chi connectivity index (χ4n) is 2.26. The maximum absolute atomic E-state index is 12.2. The van der Waals surface area contributed by atoms with E-state index in [1.165, 1.54) is 6.92 Å². The molecule has 1 N–H and O–H groups in total. The average Bonchev–Trinajstić information content (AvgIpc) is 2.77. The summed E-state index contributed by atoms with van der Waals surface area (Å²) in [4.78, 5) is 23.5. The van der Waals surface area contributed by atoms with Crippen LogP contribution < -0.4 is 5.32 Å². The SMILES string of the molecule is CC(=O)c1ccc(NC(=O)C(C)Cn2nc(C)cc2C)cc1. The van der Waals surface area contributed by atoms with Crippen LogP contribution in [0.5, 0.6) is 0 Å². The van der Waals surface area contributed by atoms with Gasteiger partial charge in [0.25, 0.3) is 0 Å². The molecule has 1 unspecified atom stereocenters. The Labute approximate surface area is 130 Å². The van der Waals surface area contributed by atoms with Crippen molar-refractivity contribution in [2.45, 2.75) is 34.2 Å². The molecule has 0 saturated heterocycles. The van der Waals surface area contributed by atoms with Crippen molar-refractivity contribution in [3.8, 4) is 0 Å². The lowest BCUT2D eigenvalue weighted by Crippen LogP contribution is -2.25. The van der Waals surface area contributed by atoms with Crippen LogP contribution in [-0.4, -0.2) is 21.5 Å². The third-order valence-electron chi connectivity index (χ3n) is 3.56. The second-order valence-electron chi connectivity index (χ2n) is 5.63. The van der Waals surface area contributed by atoms with Crippen molar-refractivity contribution in [1.29, 1.82) is 0 Å². The Morgan fingerprint density at radius 2 is 1.86 bits per heavy atom. The molecule has 5 heteroatoms. The number of nitrogens with one attached hydrogen (secondary N) is 1. The quantitative estimate of drug-likeness (QED) is 0.863. The van der Waals surface area contributed by atoms with E-state index in [1.54, 1.807) is 24.3 Å². The first-order valence-electron chi connectivity index (χ1n) is 7.29. The Balaban J connectivity index is 1.99. The van der Waals surface area contributed by atoms with Crippen molar-refractivity contribution in [2.75, 3.05) is 5.32 Å².